The number of rotatable bonds is 8. The average molecular weight is 378 g/mol. The molecule has 148 valence electrons. The zero-order chi connectivity index (χ0) is 19.1. The lowest BCUT2D eigenvalue weighted by Crippen LogP contribution is -2.43. The number of carbonyl (C=O) groups is 2. The first-order valence-electron chi connectivity index (χ1n) is 9.28. The Hall–Kier alpha value is -2.32. The van der Waals surface area contributed by atoms with Crippen molar-refractivity contribution in [1.82, 2.24) is 9.80 Å². The maximum Gasteiger partial charge on any atom is 0.315 e. The SMILES string of the molecule is CCOC(=O)CC(=O)N(CCN1CCOCC1)Cc1cccc2c1OCO2. The predicted molar refractivity (Wildman–Crippen MR) is 96.5 cm³/mol. The maximum atomic E-state index is 12.7. The van der Waals surface area contributed by atoms with Gasteiger partial charge in [0, 0.05) is 38.3 Å². The van der Waals surface area contributed by atoms with Gasteiger partial charge in [-0.25, -0.2) is 0 Å². The van der Waals surface area contributed by atoms with Crippen molar-refractivity contribution in [2.45, 2.75) is 19.9 Å². The predicted octanol–water partition coefficient (Wildman–Crippen LogP) is 1.03. The summed E-state index contributed by atoms with van der Waals surface area (Å²) < 4.78 is 21.2. The number of fused-ring (bicyclic) bond motifs is 1. The van der Waals surface area contributed by atoms with Crippen molar-refractivity contribution in [3.8, 4) is 11.5 Å². The summed E-state index contributed by atoms with van der Waals surface area (Å²) in [4.78, 5) is 28.4. The molecule has 0 N–H and O–H groups in total. The summed E-state index contributed by atoms with van der Waals surface area (Å²) in [5.41, 5.74) is 0.865. The van der Waals surface area contributed by atoms with Crippen LogP contribution in [0.3, 0.4) is 0 Å². The lowest BCUT2D eigenvalue weighted by atomic mass is 10.1. The molecule has 0 atom stereocenters. The first-order valence-corrected chi connectivity index (χ1v) is 9.28. The molecule has 1 fully saturated rings. The Morgan fingerprint density at radius 1 is 1.22 bits per heavy atom. The number of hydrogen-bond acceptors (Lipinski definition) is 7. The summed E-state index contributed by atoms with van der Waals surface area (Å²) in [5.74, 6) is 0.589. The summed E-state index contributed by atoms with van der Waals surface area (Å²) in [6.07, 6.45) is -0.261. The number of para-hydroxylation sites is 1. The van der Waals surface area contributed by atoms with Gasteiger partial charge in [-0.3, -0.25) is 14.5 Å². The largest absolute Gasteiger partial charge is 0.466 e. The van der Waals surface area contributed by atoms with Gasteiger partial charge in [-0.1, -0.05) is 12.1 Å². The molecule has 2 heterocycles. The minimum atomic E-state index is -0.503. The molecular weight excluding hydrogens is 352 g/mol. The van der Waals surface area contributed by atoms with Gasteiger partial charge in [0.05, 0.1) is 19.8 Å². The lowest BCUT2D eigenvalue weighted by molar-refractivity contribution is -0.149. The monoisotopic (exact) mass is 378 g/mol. The highest BCUT2D eigenvalue weighted by molar-refractivity contribution is 5.94. The van der Waals surface area contributed by atoms with Crippen LogP contribution in [0.2, 0.25) is 0 Å². The van der Waals surface area contributed by atoms with Crippen LogP contribution in [0.25, 0.3) is 0 Å². The van der Waals surface area contributed by atoms with Crippen molar-refractivity contribution in [2.75, 3.05) is 52.8 Å². The number of benzene rings is 1. The maximum absolute atomic E-state index is 12.7. The second kappa shape index (κ2) is 9.57. The molecule has 0 aliphatic carbocycles. The van der Waals surface area contributed by atoms with Gasteiger partial charge in [-0.15, -0.1) is 0 Å². The zero-order valence-corrected chi connectivity index (χ0v) is 15.6. The first kappa shape index (κ1) is 19.4. The second-order valence-corrected chi connectivity index (χ2v) is 6.40. The fourth-order valence-electron chi connectivity index (χ4n) is 3.15. The van der Waals surface area contributed by atoms with E-state index >= 15 is 0 Å². The molecule has 0 spiro atoms. The van der Waals surface area contributed by atoms with Crippen LogP contribution in [-0.4, -0.2) is 74.5 Å². The molecule has 1 aromatic rings. The van der Waals surface area contributed by atoms with Crippen molar-refractivity contribution in [3.05, 3.63) is 23.8 Å². The first-order chi connectivity index (χ1) is 13.2. The lowest BCUT2D eigenvalue weighted by Gasteiger charge is -2.30. The van der Waals surface area contributed by atoms with Crippen molar-refractivity contribution in [2.24, 2.45) is 0 Å². The molecule has 0 radical (unpaired) electrons. The third-order valence-corrected chi connectivity index (χ3v) is 4.58. The third kappa shape index (κ3) is 5.33. The molecule has 27 heavy (non-hydrogen) atoms. The van der Waals surface area contributed by atoms with Crippen molar-refractivity contribution in [3.63, 3.8) is 0 Å². The van der Waals surface area contributed by atoms with Gasteiger partial charge >= 0.3 is 5.97 Å². The fraction of sp³-hybridized carbons (Fsp3) is 0.579. The molecule has 0 bridgehead atoms. The van der Waals surface area contributed by atoms with E-state index in [2.05, 4.69) is 4.90 Å². The van der Waals surface area contributed by atoms with E-state index in [1.54, 1.807) is 11.8 Å². The van der Waals surface area contributed by atoms with E-state index in [1.165, 1.54) is 0 Å². The minimum absolute atomic E-state index is 0.177. The summed E-state index contributed by atoms with van der Waals surface area (Å²) in [6, 6.07) is 5.62. The van der Waals surface area contributed by atoms with Crippen molar-refractivity contribution < 1.29 is 28.5 Å². The van der Waals surface area contributed by atoms with Crippen molar-refractivity contribution >= 4 is 11.9 Å². The van der Waals surface area contributed by atoms with Crippen LogP contribution in [0.4, 0.5) is 0 Å². The van der Waals surface area contributed by atoms with Crippen LogP contribution < -0.4 is 9.47 Å². The Morgan fingerprint density at radius 2 is 2.04 bits per heavy atom. The van der Waals surface area contributed by atoms with E-state index in [4.69, 9.17) is 18.9 Å². The summed E-state index contributed by atoms with van der Waals surface area (Å²) in [7, 11) is 0. The second-order valence-electron chi connectivity index (χ2n) is 6.40. The van der Waals surface area contributed by atoms with Crippen LogP contribution in [0.1, 0.15) is 18.9 Å². The Bertz CT molecular complexity index is 660. The summed E-state index contributed by atoms with van der Waals surface area (Å²) in [5, 5.41) is 0. The Labute approximate surface area is 158 Å². The molecule has 8 nitrogen and oxygen atoms in total. The number of amides is 1. The van der Waals surface area contributed by atoms with Gasteiger partial charge < -0.3 is 23.8 Å². The molecule has 1 saturated heterocycles. The van der Waals surface area contributed by atoms with Crippen LogP contribution in [0, 0.1) is 0 Å². The summed E-state index contributed by atoms with van der Waals surface area (Å²) in [6.45, 7) is 6.86. The molecule has 2 aliphatic rings. The Morgan fingerprint density at radius 3 is 2.81 bits per heavy atom. The minimum Gasteiger partial charge on any atom is -0.466 e. The fourth-order valence-corrected chi connectivity index (χ4v) is 3.15. The number of carbonyl (C=O) groups excluding carboxylic acids is 2. The van der Waals surface area contributed by atoms with Gasteiger partial charge in [0.25, 0.3) is 0 Å². The molecule has 8 heteroatoms. The van der Waals surface area contributed by atoms with Gasteiger partial charge in [0.2, 0.25) is 12.7 Å². The van der Waals surface area contributed by atoms with Crippen LogP contribution in [-0.2, 0) is 25.6 Å². The van der Waals surface area contributed by atoms with Gasteiger partial charge in [-0.2, -0.15) is 0 Å². The average Bonchev–Trinajstić information content (AvgIpc) is 3.15. The standard InChI is InChI=1S/C19H26N2O6/c1-2-25-18(23)12-17(22)21(7-6-20-8-10-24-11-9-20)13-15-4-3-5-16-19(15)27-14-26-16/h3-5H,2,6-14H2,1H3. The van der Waals surface area contributed by atoms with Gasteiger partial charge in [0.1, 0.15) is 6.42 Å². The molecule has 0 unspecified atom stereocenters. The number of morpholine rings is 1. The Balaban J connectivity index is 1.67. The molecule has 1 amide bonds. The van der Waals surface area contributed by atoms with E-state index in [0.717, 1.165) is 25.2 Å². The number of hydrogen-bond donors (Lipinski definition) is 0. The zero-order valence-electron chi connectivity index (χ0n) is 15.6. The highest BCUT2D eigenvalue weighted by atomic mass is 16.7. The van der Waals surface area contributed by atoms with E-state index in [9.17, 15) is 9.59 Å². The Kier molecular flexibility index (Phi) is 6.89. The molecular formula is C19H26N2O6. The van der Waals surface area contributed by atoms with Crippen LogP contribution in [0.15, 0.2) is 18.2 Å². The smallest absolute Gasteiger partial charge is 0.315 e. The normalized spacial score (nSPS) is 16.2. The third-order valence-electron chi connectivity index (χ3n) is 4.58. The van der Waals surface area contributed by atoms with E-state index in [-0.39, 0.29) is 25.7 Å². The van der Waals surface area contributed by atoms with Crippen LogP contribution >= 0.6 is 0 Å². The molecule has 2 aliphatic heterocycles. The van der Waals surface area contributed by atoms with Gasteiger partial charge in [-0.05, 0) is 13.0 Å². The number of ether oxygens (including phenoxy) is 4. The molecule has 3 rings (SSSR count). The van der Waals surface area contributed by atoms with Crippen LogP contribution in [0.5, 0.6) is 11.5 Å². The summed E-state index contributed by atoms with van der Waals surface area (Å²) >= 11 is 0. The van der Waals surface area contributed by atoms with E-state index in [1.807, 2.05) is 18.2 Å². The molecule has 0 aromatic heterocycles. The topological polar surface area (TPSA) is 77.5 Å². The highest BCUT2D eigenvalue weighted by Crippen LogP contribution is 2.35. The highest BCUT2D eigenvalue weighted by Gasteiger charge is 2.24. The molecule has 1 aromatic carbocycles. The molecule has 0 saturated carbocycles. The van der Waals surface area contributed by atoms with Gasteiger partial charge in [0.15, 0.2) is 11.5 Å². The van der Waals surface area contributed by atoms with E-state index < -0.39 is 5.97 Å². The quantitative estimate of drug-likeness (QED) is 0.494. The number of esters is 1. The number of nitrogens with zero attached hydrogens (tertiary/aromatic N) is 2. The van der Waals surface area contributed by atoms with E-state index in [0.29, 0.717) is 37.8 Å². The van der Waals surface area contributed by atoms with Crippen molar-refractivity contribution in [1.29, 1.82) is 0 Å².